The van der Waals surface area contributed by atoms with Crippen LogP contribution in [-0.4, -0.2) is 87.1 Å². The Morgan fingerprint density at radius 2 is 1.70 bits per heavy atom. The number of anilines is 1. The lowest BCUT2D eigenvalue weighted by atomic mass is 10.0. The number of hydrogen-bond acceptors (Lipinski definition) is 8. The van der Waals surface area contributed by atoms with E-state index in [9.17, 15) is 22.8 Å². The van der Waals surface area contributed by atoms with E-state index in [1.54, 1.807) is 30.3 Å². The van der Waals surface area contributed by atoms with Crippen LogP contribution in [0.2, 0.25) is 0 Å². The molecule has 3 aliphatic heterocycles. The summed E-state index contributed by atoms with van der Waals surface area (Å²) in [6, 6.07) is 12.9. The van der Waals surface area contributed by atoms with Gasteiger partial charge in [0.05, 0.1) is 11.4 Å². The third-order valence-corrected chi connectivity index (χ3v) is 9.99. The molecular formula is C29H37N5O5S. The van der Waals surface area contributed by atoms with Gasteiger partial charge in [0.25, 0.3) is 5.91 Å². The van der Waals surface area contributed by atoms with Gasteiger partial charge < -0.3 is 25.8 Å². The molecule has 3 heterocycles. The highest BCUT2D eigenvalue weighted by Gasteiger charge is 2.55. The van der Waals surface area contributed by atoms with E-state index in [1.807, 2.05) is 26.0 Å². The van der Waals surface area contributed by atoms with Gasteiger partial charge in [0.1, 0.15) is 17.5 Å². The summed E-state index contributed by atoms with van der Waals surface area (Å²) in [6.45, 7) is 7.52. The molecule has 3 saturated heterocycles. The highest BCUT2D eigenvalue weighted by molar-refractivity contribution is 7.92. The highest BCUT2D eigenvalue weighted by Crippen LogP contribution is 2.35. The molecule has 10 nitrogen and oxygen atoms in total. The number of sulfone groups is 1. The highest BCUT2D eigenvalue weighted by atomic mass is 32.2. The molecule has 3 fully saturated rings. The zero-order valence-corrected chi connectivity index (χ0v) is 23.7. The monoisotopic (exact) mass is 567 g/mol. The van der Waals surface area contributed by atoms with Crippen LogP contribution in [-0.2, 0) is 19.4 Å². The van der Waals surface area contributed by atoms with Gasteiger partial charge in [-0.3, -0.25) is 14.4 Å². The summed E-state index contributed by atoms with van der Waals surface area (Å²) in [4.78, 5) is 43.9. The number of hydrogen-bond donors (Lipinski definition) is 3. The van der Waals surface area contributed by atoms with Crippen molar-refractivity contribution in [3.8, 4) is 0 Å². The summed E-state index contributed by atoms with van der Waals surface area (Å²) in [7, 11) is -3.97. The van der Waals surface area contributed by atoms with E-state index in [0.717, 1.165) is 31.9 Å². The van der Waals surface area contributed by atoms with Gasteiger partial charge >= 0.3 is 0 Å². The molecule has 0 bridgehead atoms. The lowest BCUT2D eigenvalue weighted by Gasteiger charge is -2.33. The van der Waals surface area contributed by atoms with Crippen LogP contribution in [0.3, 0.4) is 0 Å². The van der Waals surface area contributed by atoms with E-state index >= 15 is 0 Å². The van der Waals surface area contributed by atoms with E-state index in [0.29, 0.717) is 12.0 Å². The number of amides is 2. The average molecular weight is 568 g/mol. The number of fused-ring (bicyclic) bond motifs is 1. The van der Waals surface area contributed by atoms with E-state index in [-0.39, 0.29) is 29.6 Å². The summed E-state index contributed by atoms with van der Waals surface area (Å²) >= 11 is 0. The lowest BCUT2D eigenvalue weighted by Crippen LogP contribution is -2.56. The Labute approximate surface area is 235 Å². The van der Waals surface area contributed by atoms with Gasteiger partial charge in [0.2, 0.25) is 5.91 Å². The number of likely N-dealkylation sites (tertiary alicyclic amines) is 1. The van der Waals surface area contributed by atoms with Gasteiger partial charge in [-0.1, -0.05) is 32.0 Å². The molecular weight excluding hydrogens is 530 g/mol. The topological polar surface area (TPSA) is 128 Å². The maximum absolute atomic E-state index is 14.1. The van der Waals surface area contributed by atoms with Gasteiger partial charge in [0.15, 0.2) is 15.6 Å². The zero-order valence-electron chi connectivity index (χ0n) is 22.9. The van der Waals surface area contributed by atoms with Gasteiger partial charge in [-0.25, -0.2) is 8.42 Å². The molecule has 0 saturated carbocycles. The van der Waals surface area contributed by atoms with Crippen molar-refractivity contribution < 1.29 is 22.8 Å². The van der Waals surface area contributed by atoms with Crippen molar-refractivity contribution in [1.82, 2.24) is 20.9 Å². The predicted molar refractivity (Wildman–Crippen MR) is 152 cm³/mol. The number of benzene rings is 2. The fraction of sp³-hybridized carbons (Fsp3) is 0.483. The van der Waals surface area contributed by atoms with Crippen LogP contribution in [0, 0.1) is 5.92 Å². The average Bonchev–Trinajstić information content (AvgIpc) is 3.53. The van der Waals surface area contributed by atoms with E-state index in [2.05, 4.69) is 20.9 Å². The number of ketones is 1. The quantitative estimate of drug-likeness (QED) is 0.434. The molecule has 3 N–H and O–H groups in total. The molecule has 11 heteroatoms. The van der Waals surface area contributed by atoms with Crippen LogP contribution >= 0.6 is 0 Å². The zero-order chi connectivity index (χ0) is 28.4. The second-order valence-electron chi connectivity index (χ2n) is 11.1. The minimum absolute atomic E-state index is 0.0318. The lowest BCUT2D eigenvalue weighted by molar-refractivity contribution is -0.139. The van der Waals surface area contributed by atoms with Crippen LogP contribution in [0.1, 0.15) is 37.0 Å². The predicted octanol–water partition coefficient (Wildman–Crippen LogP) is 1.18. The maximum atomic E-state index is 14.1. The van der Waals surface area contributed by atoms with Crippen LogP contribution in [0.5, 0.6) is 0 Å². The number of carbonyl (C=O) groups is 3. The number of Topliss-reactive ketones (excluding diaryl/α,β-unsaturated/α-hetero) is 1. The van der Waals surface area contributed by atoms with Gasteiger partial charge in [-0.15, -0.1) is 0 Å². The van der Waals surface area contributed by atoms with Crippen molar-refractivity contribution in [2.45, 2.75) is 55.1 Å². The first-order valence-electron chi connectivity index (χ1n) is 13.9. The van der Waals surface area contributed by atoms with Crippen molar-refractivity contribution in [1.29, 1.82) is 0 Å². The Balaban J connectivity index is 1.40. The van der Waals surface area contributed by atoms with Crippen LogP contribution in [0.15, 0.2) is 59.5 Å². The molecule has 0 aromatic heterocycles. The Morgan fingerprint density at radius 1 is 1.02 bits per heavy atom. The van der Waals surface area contributed by atoms with E-state index in [1.165, 1.54) is 17.0 Å². The molecule has 2 amide bonds. The Kier molecular flexibility index (Phi) is 8.25. The Morgan fingerprint density at radius 3 is 2.35 bits per heavy atom. The summed E-state index contributed by atoms with van der Waals surface area (Å²) in [6.07, 6.45) is 0.409. The Hall–Kier alpha value is -3.28. The standard InChI is InChI=1S/C29H37N5O5S/c1-19(2)16-24(32-28(36)20-8-10-21(11-9-20)33-14-12-30-13-15-33)29(37)34-26(17-23-27(34)25(35)18-31-23)40(38,39)22-6-4-3-5-7-22/h3-11,19,23-24,26-27,30-31H,12-18H2,1-2H3,(H,32,36). The molecule has 2 aromatic rings. The third kappa shape index (κ3) is 5.63. The normalized spacial score (nSPS) is 23.8. The molecule has 0 radical (unpaired) electrons. The molecule has 214 valence electrons. The second kappa shape index (κ2) is 11.7. The fourth-order valence-corrected chi connectivity index (χ4v) is 7.77. The van der Waals surface area contributed by atoms with Crippen molar-refractivity contribution in [3.63, 3.8) is 0 Å². The number of carbonyl (C=O) groups excluding carboxylic acids is 3. The molecule has 0 aliphatic carbocycles. The summed E-state index contributed by atoms with van der Waals surface area (Å²) in [5, 5.41) is 8.06. The summed E-state index contributed by atoms with van der Waals surface area (Å²) in [5.74, 6) is -1.15. The van der Waals surface area contributed by atoms with Crippen molar-refractivity contribution in [3.05, 3.63) is 60.2 Å². The third-order valence-electron chi connectivity index (χ3n) is 7.92. The number of rotatable bonds is 8. The van der Waals surface area contributed by atoms with E-state index < -0.39 is 45.2 Å². The molecule has 2 aromatic carbocycles. The largest absolute Gasteiger partial charge is 0.369 e. The fourth-order valence-electron chi connectivity index (χ4n) is 5.93. The summed E-state index contributed by atoms with van der Waals surface area (Å²) < 4.78 is 27.4. The molecule has 3 aliphatic rings. The SMILES string of the molecule is CC(C)CC(NC(=O)c1ccc(N2CCNCC2)cc1)C(=O)N1C2C(=O)CNC2CC1S(=O)(=O)c1ccccc1. The van der Waals surface area contributed by atoms with Crippen molar-refractivity contribution in [2.75, 3.05) is 37.6 Å². The number of nitrogens with one attached hydrogen (secondary N) is 3. The maximum Gasteiger partial charge on any atom is 0.251 e. The molecule has 0 spiro atoms. The van der Waals surface area contributed by atoms with Crippen LogP contribution in [0.4, 0.5) is 5.69 Å². The first kappa shape index (κ1) is 28.3. The van der Waals surface area contributed by atoms with Gasteiger partial charge in [-0.05, 0) is 48.7 Å². The van der Waals surface area contributed by atoms with Crippen molar-refractivity contribution in [2.24, 2.45) is 5.92 Å². The molecule has 40 heavy (non-hydrogen) atoms. The minimum atomic E-state index is -3.97. The minimum Gasteiger partial charge on any atom is -0.369 e. The molecule has 4 unspecified atom stereocenters. The van der Waals surface area contributed by atoms with Gasteiger partial charge in [0, 0.05) is 49.9 Å². The first-order valence-corrected chi connectivity index (χ1v) is 15.4. The summed E-state index contributed by atoms with van der Waals surface area (Å²) in [5.41, 5.74) is 1.43. The molecule has 4 atom stereocenters. The number of nitrogens with zero attached hydrogens (tertiary/aromatic N) is 2. The second-order valence-corrected chi connectivity index (χ2v) is 13.2. The number of piperazine rings is 1. The van der Waals surface area contributed by atoms with Gasteiger partial charge in [-0.2, -0.15) is 0 Å². The van der Waals surface area contributed by atoms with Crippen LogP contribution < -0.4 is 20.9 Å². The van der Waals surface area contributed by atoms with Crippen LogP contribution in [0.25, 0.3) is 0 Å². The van der Waals surface area contributed by atoms with Crippen molar-refractivity contribution >= 4 is 33.1 Å². The smallest absolute Gasteiger partial charge is 0.251 e. The Bertz CT molecular complexity index is 1340. The van der Waals surface area contributed by atoms with E-state index in [4.69, 9.17) is 0 Å². The first-order chi connectivity index (χ1) is 19.2. The molecule has 5 rings (SSSR count).